The Morgan fingerprint density at radius 2 is 1.10 bits per heavy atom. The second-order valence-electron chi connectivity index (χ2n) is 9.72. The molecule has 2 atom stereocenters. The molecule has 0 N–H and O–H groups in total. The minimum absolute atomic E-state index is 0.0544. The number of benzene rings is 2. The van der Waals surface area contributed by atoms with Crippen LogP contribution in [0.3, 0.4) is 0 Å². The van der Waals surface area contributed by atoms with E-state index in [1.807, 2.05) is 72.8 Å². The molecule has 0 amide bonds. The predicted octanol–water partition coefficient (Wildman–Crippen LogP) is 8.35. The van der Waals surface area contributed by atoms with Crippen LogP contribution in [0.2, 0.25) is 0 Å². The van der Waals surface area contributed by atoms with E-state index in [4.69, 9.17) is 18.3 Å². The second kappa shape index (κ2) is 12.9. The number of hydrogen-bond acceptors (Lipinski definition) is 7. The van der Waals surface area contributed by atoms with Crippen LogP contribution in [-0.2, 0) is 18.0 Å². The molecule has 0 fully saturated rings. The Kier molecular flexibility index (Phi) is 8.67. The number of hydrogen-bond donors (Lipinski definition) is 0. The van der Waals surface area contributed by atoms with Gasteiger partial charge in [0, 0.05) is 35.2 Å². The number of ketones is 1. The molecule has 42 heavy (non-hydrogen) atoms. The molecule has 0 saturated carbocycles. The summed E-state index contributed by atoms with van der Waals surface area (Å²) in [6.45, 7) is 0.746. The number of carbonyl (C=O) groups excluding carboxylic acids is 1. The maximum absolute atomic E-state index is 14.0. The highest BCUT2D eigenvalue weighted by molar-refractivity contribution is 9.09. The molecule has 212 valence electrons. The van der Waals surface area contributed by atoms with Crippen molar-refractivity contribution in [3.8, 4) is 11.8 Å². The number of rotatable bonds is 12. The number of fused-ring (bicyclic) bond motifs is 2. The van der Waals surface area contributed by atoms with Gasteiger partial charge in [0.25, 0.3) is 0 Å². The van der Waals surface area contributed by atoms with E-state index in [-0.39, 0.29) is 5.78 Å². The van der Waals surface area contributed by atoms with Crippen LogP contribution in [0.1, 0.15) is 34.5 Å². The van der Waals surface area contributed by atoms with Gasteiger partial charge in [0.2, 0.25) is 11.8 Å². The molecule has 7 nitrogen and oxygen atoms in total. The lowest BCUT2D eigenvalue weighted by atomic mass is 9.91. The molecule has 0 radical (unpaired) electrons. The average Bonchev–Trinajstić information content (AvgIpc) is 3.66. The molecule has 0 saturated heterocycles. The lowest BCUT2D eigenvalue weighted by Gasteiger charge is -2.16. The summed E-state index contributed by atoms with van der Waals surface area (Å²) in [7, 11) is 0. The quantitative estimate of drug-likeness (QED) is 0.119. The van der Waals surface area contributed by atoms with Crippen LogP contribution in [-0.4, -0.2) is 26.4 Å². The maximum Gasteiger partial charge on any atom is 0.225 e. The van der Waals surface area contributed by atoms with Gasteiger partial charge < -0.3 is 18.3 Å². The summed E-state index contributed by atoms with van der Waals surface area (Å²) in [6.07, 6.45) is 3.28. The minimum Gasteiger partial charge on any atom is -0.472 e. The summed E-state index contributed by atoms with van der Waals surface area (Å²) >= 11 is 7.09. The molecule has 9 heteroatoms. The molecule has 0 bridgehead atoms. The van der Waals surface area contributed by atoms with Crippen LogP contribution in [0, 0.1) is 0 Å². The summed E-state index contributed by atoms with van der Waals surface area (Å²) in [6, 6.07) is 27.0. The Morgan fingerprint density at radius 3 is 1.50 bits per heavy atom. The zero-order valence-electron chi connectivity index (χ0n) is 22.4. The maximum atomic E-state index is 14.0. The molecule has 4 heterocycles. The van der Waals surface area contributed by atoms with E-state index in [1.165, 1.54) is 0 Å². The van der Waals surface area contributed by atoms with Crippen molar-refractivity contribution in [3.63, 3.8) is 0 Å². The highest BCUT2D eigenvalue weighted by Crippen LogP contribution is 2.37. The van der Waals surface area contributed by atoms with E-state index in [1.54, 1.807) is 24.5 Å². The van der Waals surface area contributed by atoms with E-state index in [2.05, 4.69) is 41.8 Å². The molecule has 0 aliphatic heterocycles. The number of ether oxygens (including phenoxy) is 2. The van der Waals surface area contributed by atoms with Gasteiger partial charge in [0.05, 0.1) is 22.6 Å². The Hall–Kier alpha value is -3.95. The van der Waals surface area contributed by atoms with Crippen LogP contribution in [0.5, 0.6) is 11.8 Å². The summed E-state index contributed by atoms with van der Waals surface area (Å²) in [5.74, 6) is 0.777. The average molecular weight is 690 g/mol. The van der Waals surface area contributed by atoms with Crippen LogP contribution >= 0.6 is 31.9 Å². The van der Waals surface area contributed by atoms with Crippen molar-refractivity contribution >= 4 is 59.6 Å². The Morgan fingerprint density at radius 1 is 0.667 bits per heavy atom. The van der Waals surface area contributed by atoms with E-state index < -0.39 is 11.8 Å². The van der Waals surface area contributed by atoms with Gasteiger partial charge >= 0.3 is 0 Å². The molecule has 2 unspecified atom stereocenters. The Bertz CT molecular complexity index is 1670. The van der Waals surface area contributed by atoms with E-state index in [9.17, 15) is 4.79 Å². The first-order valence-corrected chi connectivity index (χ1v) is 15.6. The van der Waals surface area contributed by atoms with Crippen molar-refractivity contribution in [1.29, 1.82) is 0 Å². The largest absolute Gasteiger partial charge is 0.472 e. The summed E-state index contributed by atoms with van der Waals surface area (Å²) < 4.78 is 24.4. The van der Waals surface area contributed by atoms with Gasteiger partial charge in [0.1, 0.15) is 35.9 Å². The number of pyridine rings is 2. The van der Waals surface area contributed by atoms with Gasteiger partial charge in [-0.1, -0.05) is 92.5 Å². The molecule has 0 spiro atoms. The standard InChI is InChI=1S/C33H26Br2N2O5/c34-17-25(29-15-23-27(41-29)11-13-36-32(23)39-19-21-7-3-1-4-8-21)31(38)26(18-35)30-16-24-28(42-30)12-14-37-33(24)40-20-22-9-5-2-6-10-22/h1-16,25-26H,17-20H2. The highest BCUT2D eigenvalue weighted by atomic mass is 79.9. The van der Waals surface area contributed by atoms with Crippen LogP contribution in [0.15, 0.2) is 106 Å². The van der Waals surface area contributed by atoms with Gasteiger partial charge in [-0.3, -0.25) is 4.79 Å². The lowest BCUT2D eigenvalue weighted by Crippen LogP contribution is -2.22. The number of furan rings is 2. The number of carbonyl (C=O) groups is 1. The summed E-state index contributed by atoms with van der Waals surface area (Å²) in [5.41, 5.74) is 3.27. The summed E-state index contributed by atoms with van der Waals surface area (Å²) in [4.78, 5) is 22.8. The van der Waals surface area contributed by atoms with E-state index >= 15 is 0 Å². The smallest absolute Gasteiger partial charge is 0.225 e. The van der Waals surface area contributed by atoms with Crippen molar-refractivity contribution < 1.29 is 23.1 Å². The van der Waals surface area contributed by atoms with Crippen molar-refractivity contribution in [1.82, 2.24) is 9.97 Å². The van der Waals surface area contributed by atoms with Crippen molar-refractivity contribution in [2.45, 2.75) is 25.0 Å². The zero-order valence-corrected chi connectivity index (χ0v) is 25.6. The number of halogens is 2. The van der Waals surface area contributed by atoms with Gasteiger partial charge in [-0.05, 0) is 23.3 Å². The third-order valence-electron chi connectivity index (χ3n) is 6.98. The lowest BCUT2D eigenvalue weighted by molar-refractivity contribution is -0.121. The number of nitrogens with zero attached hydrogens (tertiary/aromatic N) is 2. The molecule has 6 rings (SSSR count). The summed E-state index contributed by atoms with van der Waals surface area (Å²) in [5, 5.41) is 2.17. The first-order chi connectivity index (χ1) is 20.6. The number of alkyl halides is 2. The third kappa shape index (κ3) is 5.98. The fourth-order valence-electron chi connectivity index (χ4n) is 4.77. The highest BCUT2D eigenvalue weighted by Gasteiger charge is 2.33. The molecule has 6 aromatic rings. The van der Waals surface area contributed by atoms with Gasteiger partial charge in [0.15, 0.2) is 5.78 Å². The first kappa shape index (κ1) is 28.2. The molecule has 4 aromatic heterocycles. The van der Waals surface area contributed by atoms with Gasteiger partial charge in [-0.15, -0.1) is 0 Å². The topological polar surface area (TPSA) is 87.6 Å². The first-order valence-electron chi connectivity index (χ1n) is 13.4. The van der Waals surface area contributed by atoms with Crippen molar-refractivity contribution in [2.75, 3.05) is 10.7 Å². The molecule has 2 aromatic carbocycles. The SMILES string of the molecule is O=C(C(CBr)c1cc2c(OCc3ccccc3)nccc2o1)C(CBr)c1cc2c(OCc3ccccc3)nccc2o1. The van der Waals surface area contributed by atoms with Crippen LogP contribution < -0.4 is 9.47 Å². The third-order valence-corrected chi connectivity index (χ3v) is 8.27. The number of aromatic nitrogens is 2. The number of Topliss-reactive ketones (excluding diaryl/α,β-unsaturated/α-hetero) is 1. The normalized spacial score (nSPS) is 12.8. The van der Waals surface area contributed by atoms with E-state index in [0.29, 0.717) is 69.1 Å². The zero-order chi connectivity index (χ0) is 28.9. The fourth-order valence-corrected chi connectivity index (χ4v) is 6.04. The predicted molar refractivity (Wildman–Crippen MR) is 168 cm³/mol. The van der Waals surface area contributed by atoms with Crippen molar-refractivity contribution in [2.24, 2.45) is 0 Å². The van der Waals surface area contributed by atoms with Crippen LogP contribution in [0.25, 0.3) is 21.9 Å². The fraction of sp³-hybridized carbons (Fsp3) is 0.182. The van der Waals surface area contributed by atoms with E-state index in [0.717, 1.165) is 11.1 Å². The van der Waals surface area contributed by atoms with Crippen LogP contribution in [0.4, 0.5) is 0 Å². The van der Waals surface area contributed by atoms with Crippen molar-refractivity contribution in [3.05, 3.63) is 120 Å². The minimum atomic E-state index is -0.568. The molecule has 0 aliphatic rings. The van der Waals surface area contributed by atoms with Gasteiger partial charge in [-0.25, -0.2) is 9.97 Å². The Labute approximate surface area is 259 Å². The monoisotopic (exact) mass is 688 g/mol. The second-order valence-corrected chi connectivity index (χ2v) is 11.0. The molecular weight excluding hydrogens is 664 g/mol. The Balaban J connectivity index is 1.24. The molecule has 0 aliphatic carbocycles. The molecular formula is C33H26Br2N2O5. The van der Waals surface area contributed by atoms with Gasteiger partial charge in [-0.2, -0.15) is 0 Å².